The van der Waals surface area contributed by atoms with Crippen LogP contribution in [0.25, 0.3) is 11.1 Å². The molecular weight excluding hydrogens is 586 g/mol. The summed E-state index contributed by atoms with van der Waals surface area (Å²) in [4.78, 5) is 50.4. The number of pyridine rings is 2. The second-order valence-corrected chi connectivity index (χ2v) is 10.8. The Labute approximate surface area is 266 Å². The van der Waals surface area contributed by atoms with Crippen molar-refractivity contribution in [2.45, 2.75) is 32.9 Å². The number of nitrogens with one attached hydrogen (secondary N) is 4. The van der Waals surface area contributed by atoms with Gasteiger partial charge < -0.3 is 31.5 Å². The van der Waals surface area contributed by atoms with Gasteiger partial charge >= 0.3 is 5.97 Å². The average molecular weight is 622 g/mol. The Morgan fingerprint density at radius 2 is 1.46 bits per heavy atom. The smallest absolute Gasteiger partial charge is 0.326 e. The Morgan fingerprint density at radius 1 is 0.848 bits per heavy atom. The number of hydrogen-bond acceptors (Lipinski definition) is 9. The van der Waals surface area contributed by atoms with Gasteiger partial charge in [-0.25, -0.2) is 4.79 Å². The number of anilines is 2. The molecule has 12 heteroatoms. The molecule has 0 fully saturated rings. The Kier molecular flexibility index (Phi) is 10.1. The minimum Gasteiger partial charge on any atom is -0.480 e. The number of aromatic nitrogens is 2. The van der Waals surface area contributed by atoms with Gasteiger partial charge in [0.1, 0.15) is 23.3 Å². The third kappa shape index (κ3) is 7.42. The highest BCUT2D eigenvalue weighted by Gasteiger charge is 2.23. The molecule has 0 saturated heterocycles. The van der Waals surface area contributed by atoms with Crippen molar-refractivity contribution in [2.24, 2.45) is 4.99 Å². The highest BCUT2D eigenvalue weighted by molar-refractivity contribution is 6.06. The maximum absolute atomic E-state index is 13.1. The number of aliphatic hydroxyl groups is 1. The third-order valence-electron chi connectivity index (χ3n) is 7.70. The molecule has 1 unspecified atom stereocenters. The number of amidine groups is 1. The second kappa shape index (κ2) is 14.5. The van der Waals surface area contributed by atoms with Crippen LogP contribution in [0.4, 0.5) is 11.4 Å². The standard InChI is InChI=1S/C34H35N7O5/c1-20-24(5-3-7-26(20)40-32(43)28-11-9-22(18-37-28)17-35-15-16-42)25-6-4-8-27(21(25)2)41-33(44)29-12-10-23(19-38-29)31-36-14-13-30(39-31)34(45)46/h3-12,18-19,30,35,42H,13-17H2,1-2H3,(H,36,39)(H,40,43)(H,41,44)(H,45,46). The van der Waals surface area contributed by atoms with Crippen LogP contribution in [0.1, 0.15) is 49.7 Å². The van der Waals surface area contributed by atoms with Crippen LogP contribution < -0.4 is 21.3 Å². The van der Waals surface area contributed by atoms with E-state index in [2.05, 4.69) is 36.2 Å². The molecule has 3 heterocycles. The summed E-state index contributed by atoms with van der Waals surface area (Å²) in [7, 11) is 0. The van der Waals surface area contributed by atoms with Crippen LogP contribution in [0.3, 0.4) is 0 Å². The summed E-state index contributed by atoms with van der Waals surface area (Å²) in [6, 6.07) is 17.3. The van der Waals surface area contributed by atoms with Gasteiger partial charge in [0.05, 0.1) is 6.61 Å². The number of hydrogen-bond donors (Lipinski definition) is 6. The van der Waals surface area contributed by atoms with Gasteiger partial charge in [0, 0.05) is 49.0 Å². The van der Waals surface area contributed by atoms with Crippen LogP contribution in [-0.2, 0) is 11.3 Å². The number of benzene rings is 2. The molecule has 0 saturated carbocycles. The largest absolute Gasteiger partial charge is 0.480 e. The first-order valence-corrected chi connectivity index (χ1v) is 14.8. The molecule has 1 aliphatic heterocycles. The summed E-state index contributed by atoms with van der Waals surface area (Å²) < 4.78 is 0. The lowest BCUT2D eigenvalue weighted by molar-refractivity contribution is -0.139. The number of aliphatic imine (C=N–C) groups is 1. The topological polar surface area (TPSA) is 178 Å². The minimum absolute atomic E-state index is 0.0478. The van der Waals surface area contributed by atoms with Crippen molar-refractivity contribution < 1.29 is 24.6 Å². The van der Waals surface area contributed by atoms with Crippen LogP contribution in [0.15, 0.2) is 78.0 Å². The molecule has 0 aliphatic carbocycles. The predicted molar refractivity (Wildman–Crippen MR) is 175 cm³/mol. The van der Waals surface area contributed by atoms with Crippen LogP contribution in [0.2, 0.25) is 0 Å². The summed E-state index contributed by atoms with van der Waals surface area (Å²) in [5.74, 6) is -1.23. The zero-order valence-electron chi connectivity index (χ0n) is 25.5. The number of carboxylic acids is 1. The van der Waals surface area contributed by atoms with E-state index in [-0.39, 0.29) is 23.9 Å². The van der Waals surface area contributed by atoms with Gasteiger partial charge in [0.15, 0.2) is 0 Å². The fourth-order valence-electron chi connectivity index (χ4n) is 5.09. The summed E-state index contributed by atoms with van der Waals surface area (Å²) in [5, 5.41) is 30.1. The summed E-state index contributed by atoms with van der Waals surface area (Å²) in [5.41, 5.74) is 6.72. The Balaban J connectivity index is 1.28. The third-order valence-corrected chi connectivity index (χ3v) is 7.70. The highest BCUT2D eigenvalue weighted by Crippen LogP contribution is 2.34. The maximum Gasteiger partial charge on any atom is 0.326 e. The van der Waals surface area contributed by atoms with Gasteiger partial charge in [-0.1, -0.05) is 30.3 Å². The number of aliphatic carboxylic acids is 1. The zero-order chi connectivity index (χ0) is 32.6. The molecule has 2 amide bonds. The van der Waals surface area contributed by atoms with Crippen LogP contribution in [-0.4, -0.2) is 69.5 Å². The van der Waals surface area contributed by atoms with E-state index in [0.717, 1.165) is 27.8 Å². The maximum atomic E-state index is 13.1. The lowest BCUT2D eigenvalue weighted by Gasteiger charge is -2.21. The zero-order valence-corrected chi connectivity index (χ0v) is 25.5. The van der Waals surface area contributed by atoms with Gasteiger partial charge in [-0.15, -0.1) is 0 Å². The Morgan fingerprint density at radius 3 is 1.98 bits per heavy atom. The molecular formula is C34H35N7O5. The molecule has 6 N–H and O–H groups in total. The predicted octanol–water partition coefficient (Wildman–Crippen LogP) is 3.54. The van der Waals surface area contributed by atoms with E-state index in [4.69, 9.17) is 5.11 Å². The first-order chi connectivity index (χ1) is 22.2. The molecule has 0 radical (unpaired) electrons. The number of rotatable bonds is 11. The number of nitrogens with zero attached hydrogens (tertiary/aromatic N) is 3. The number of carbonyl (C=O) groups excluding carboxylic acids is 2. The van der Waals surface area contributed by atoms with Gasteiger partial charge in [-0.05, 0) is 78.4 Å². The number of carboxylic acid groups (broad SMARTS) is 1. The quantitative estimate of drug-likeness (QED) is 0.137. The van der Waals surface area contributed by atoms with Crippen molar-refractivity contribution in [3.63, 3.8) is 0 Å². The first-order valence-electron chi connectivity index (χ1n) is 14.8. The fourth-order valence-corrected chi connectivity index (χ4v) is 5.09. The van der Waals surface area contributed by atoms with E-state index >= 15 is 0 Å². The normalized spacial score (nSPS) is 14.2. The molecule has 1 aliphatic rings. The number of aliphatic hydroxyl groups excluding tert-OH is 1. The monoisotopic (exact) mass is 621 g/mol. The van der Waals surface area contributed by atoms with Gasteiger partial charge in [-0.3, -0.25) is 24.5 Å². The van der Waals surface area contributed by atoms with E-state index in [0.29, 0.717) is 48.8 Å². The van der Waals surface area contributed by atoms with E-state index in [9.17, 15) is 19.5 Å². The highest BCUT2D eigenvalue weighted by atomic mass is 16.4. The molecule has 236 valence electrons. The van der Waals surface area contributed by atoms with E-state index in [1.165, 1.54) is 6.20 Å². The SMILES string of the molecule is Cc1c(NC(=O)c2ccc(CNCCO)cn2)cccc1-c1cccc(NC(=O)c2ccc(C3=NCCC(C(=O)O)N3)cn2)c1C. The minimum atomic E-state index is -0.941. The lowest BCUT2D eigenvalue weighted by Crippen LogP contribution is -2.44. The molecule has 0 bridgehead atoms. The lowest BCUT2D eigenvalue weighted by atomic mass is 9.94. The number of carbonyl (C=O) groups is 3. The summed E-state index contributed by atoms with van der Waals surface area (Å²) in [6.07, 6.45) is 3.54. The van der Waals surface area contributed by atoms with E-state index in [1.807, 2.05) is 56.3 Å². The summed E-state index contributed by atoms with van der Waals surface area (Å²) >= 11 is 0. The molecule has 1 atom stereocenters. The van der Waals surface area contributed by atoms with Crippen molar-refractivity contribution in [1.29, 1.82) is 0 Å². The molecule has 2 aromatic carbocycles. The van der Waals surface area contributed by atoms with Gasteiger partial charge in [0.2, 0.25) is 0 Å². The molecule has 0 spiro atoms. The molecule has 4 aromatic rings. The molecule has 5 rings (SSSR count). The Bertz CT molecular complexity index is 1770. The Hall–Kier alpha value is -5.46. The molecule has 2 aromatic heterocycles. The number of amides is 2. The van der Waals surface area contributed by atoms with Crippen molar-refractivity contribution in [3.05, 3.63) is 107 Å². The summed E-state index contributed by atoms with van der Waals surface area (Å²) in [6.45, 7) is 5.30. The van der Waals surface area contributed by atoms with Crippen LogP contribution >= 0.6 is 0 Å². The van der Waals surface area contributed by atoms with Crippen LogP contribution in [0.5, 0.6) is 0 Å². The van der Waals surface area contributed by atoms with Crippen LogP contribution in [0, 0.1) is 13.8 Å². The van der Waals surface area contributed by atoms with Crippen molar-refractivity contribution in [3.8, 4) is 11.1 Å². The van der Waals surface area contributed by atoms with Gasteiger partial charge in [0.25, 0.3) is 11.8 Å². The van der Waals surface area contributed by atoms with Crippen molar-refractivity contribution in [1.82, 2.24) is 20.6 Å². The molecule has 12 nitrogen and oxygen atoms in total. The van der Waals surface area contributed by atoms with Crippen molar-refractivity contribution >= 4 is 35.0 Å². The average Bonchev–Trinajstić information content (AvgIpc) is 3.07. The van der Waals surface area contributed by atoms with Crippen molar-refractivity contribution in [2.75, 3.05) is 30.3 Å². The second-order valence-electron chi connectivity index (χ2n) is 10.8. The van der Waals surface area contributed by atoms with Gasteiger partial charge in [-0.2, -0.15) is 0 Å². The first kappa shape index (κ1) is 31.9. The van der Waals surface area contributed by atoms with E-state index < -0.39 is 17.9 Å². The van der Waals surface area contributed by atoms with E-state index in [1.54, 1.807) is 24.4 Å². The molecule has 46 heavy (non-hydrogen) atoms. The fraction of sp³-hybridized carbons (Fsp3) is 0.235.